The Morgan fingerprint density at radius 3 is 3.26 bits per heavy atom. The summed E-state index contributed by atoms with van der Waals surface area (Å²) in [7, 11) is -0.809. The van der Waals surface area contributed by atoms with E-state index in [1.165, 1.54) is 0 Å². The van der Waals surface area contributed by atoms with Gasteiger partial charge in [-0.05, 0) is 24.7 Å². The Hall–Kier alpha value is -0.910. The van der Waals surface area contributed by atoms with E-state index in [4.69, 9.17) is 9.42 Å². The number of hydrogen-bond acceptors (Lipinski definition) is 7. The van der Waals surface area contributed by atoms with Crippen molar-refractivity contribution in [2.45, 2.75) is 25.3 Å². The van der Waals surface area contributed by atoms with Gasteiger partial charge in [-0.25, -0.2) is 14.8 Å². The molecule has 1 unspecified atom stereocenters. The molecule has 0 saturated carbocycles. The molecule has 1 aromatic rings. The van der Waals surface area contributed by atoms with Crippen LogP contribution in [0.4, 0.5) is 5.82 Å². The zero-order valence-electron chi connectivity index (χ0n) is 10.3. The predicted molar refractivity (Wildman–Crippen MR) is 76.6 cm³/mol. The van der Waals surface area contributed by atoms with E-state index in [0.29, 0.717) is 12.2 Å². The van der Waals surface area contributed by atoms with Crippen LogP contribution in [-0.4, -0.2) is 39.2 Å². The van der Waals surface area contributed by atoms with Gasteiger partial charge in [0.05, 0.1) is 0 Å². The van der Waals surface area contributed by atoms with Crippen LogP contribution in [0.5, 0.6) is 0 Å². The highest BCUT2D eigenvalue weighted by Crippen LogP contribution is 2.26. The Labute approximate surface area is 118 Å². The lowest BCUT2D eigenvalue weighted by Gasteiger charge is -2.23. The lowest BCUT2D eigenvalue weighted by Crippen LogP contribution is -2.37. The van der Waals surface area contributed by atoms with Crippen molar-refractivity contribution >= 4 is 33.5 Å². The number of carbonyl (C=O) groups excluding carboxylic acids is 1. The van der Waals surface area contributed by atoms with E-state index in [1.54, 1.807) is 12.3 Å². The second kappa shape index (κ2) is 7.03. The number of aromatic nitrogens is 2. The normalized spacial score (nSPS) is 19.3. The maximum Gasteiger partial charge on any atom is 0.333 e. The van der Waals surface area contributed by atoms with Gasteiger partial charge in [0.15, 0.2) is 0 Å². The van der Waals surface area contributed by atoms with Crippen LogP contribution in [0.2, 0.25) is 0 Å². The summed E-state index contributed by atoms with van der Waals surface area (Å²) in [6.45, 7) is 0.756. The number of hydrogen-bond donors (Lipinski definition) is 2. The van der Waals surface area contributed by atoms with E-state index in [-0.39, 0.29) is 6.04 Å². The van der Waals surface area contributed by atoms with E-state index in [0.717, 1.165) is 31.0 Å². The molecule has 104 valence electrons. The first-order valence-electron chi connectivity index (χ1n) is 6.05. The maximum absolute atomic E-state index is 11.8. The van der Waals surface area contributed by atoms with E-state index < -0.39 is 15.0 Å². The number of aryl methyl sites for hydroxylation is 1. The smallest absolute Gasteiger partial charge is 0.333 e. The Balaban J connectivity index is 2.15. The highest BCUT2D eigenvalue weighted by molar-refractivity contribution is 7.80. The molecule has 1 aliphatic rings. The average Bonchev–Trinajstić information content (AvgIpc) is 2.89. The highest BCUT2D eigenvalue weighted by Gasteiger charge is 2.33. The molecule has 19 heavy (non-hydrogen) atoms. The van der Waals surface area contributed by atoms with E-state index >= 15 is 0 Å². The van der Waals surface area contributed by atoms with Crippen molar-refractivity contribution in [3.8, 4) is 0 Å². The molecule has 2 atom stereocenters. The number of nitrogens with zero attached hydrogens (tertiary/aromatic N) is 3. The standard InChI is InChI=1S/C11H16N3O3PS/c15-11(17-18-16)8-2-1-6-14(8)10-3-5-12-9(13-10)4-7-19/h3,5,8,16,18-19H,1-2,4,6-7H2/t8-/m0/s1. The SMILES string of the molecule is O=C(OPO)[C@@H]1CCCN1c1ccnc(CCS)n1. The summed E-state index contributed by atoms with van der Waals surface area (Å²) in [6, 6.07) is 1.42. The van der Waals surface area contributed by atoms with E-state index in [2.05, 4.69) is 22.6 Å². The molecule has 1 saturated heterocycles. The van der Waals surface area contributed by atoms with Crippen molar-refractivity contribution in [3.05, 3.63) is 18.1 Å². The van der Waals surface area contributed by atoms with Crippen molar-refractivity contribution < 1.29 is 14.2 Å². The fourth-order valence-electron chi connectivity index (χ4n) is 2.17. The molecule has 0 spiro atoms. The molecule has 0 aromatic carbocycles. The van der Waals surface area contributed by atoms with Crippen molar-refractivity contribution in [2.75, 3.05) is 17.2 Å². The largest absolute Gasteiger partial charge is 0.418 e. The minimum absolute atomic E-state index is 0.363. The Morgan fingerprint density at radius 1 is 1.68 bits per heavy atom. The first-order valence-corrected chi connectivity index (χ1v) is 7.54. The lowest BCUT2D eigenvalue weighted by molar-refractivity contribution is -0.135. The first kappa shape index (κ1) is 14.5. The van der Waals surface area contributed by atoms with Gasteiger partial charge in [0.25, 0.3) is 0 Å². The Kier molecular flexibility index (Phi) is 5.36. The van der Waals surface area contributed by atoms with Gasteiger partial charge < -0.3 is 14.3 Å². The molecule has 1 fully saturated rings. The van der Waals surface area contributed by atoms with Gasteiger partial charge in [0.1, 0.15) is 17.7 Å². The Bertz CT molecular complexity index is 449. The molecule has 2 rings (SSSR count). The monoisotopic (exact) mass is 301 g/mol. The Morgan fingerprint density at radius 2 is 2.53 bits per heavy atom. The van der Waals surface area contributed by atoms with Crippen LogP contribution < -0.4 is 4.90 Å². The second-order valence-electron chi connectivity index (χ2n) is 4.17. The third-order valence-corrected chi connectivity index (χ3v) is 3.51. The molecule has 0 bridgehead atoms. The molecule has 8 heteroatoms. The van der Waals surface area contributed by atoms with Crippen molar-refractivity contribution in [1.82, 2.24) is 9.97 Å². The summed E-state index contributed by atoms with van der Waals surface area (Å²) >= 11 is 4.16. The molecule has 0 amide bonds. The molecule has 0 radical (unpaired) electrons. The van der Waals surface area contributed by atoms with Crippen molar-refractivity contribution in [3.63, 3.8) is 0 Å². The fraction of sp³-hybridized carbons (Fsp3) is 0.545. The summed E-state index contributed by atoms with van der Waals surface area (Å²) in [6.07, 6.45) is 4.00. The molecule has 1 aromatic heterocycles. The van der Waals surface area contributed by atoms with Crippen LogP contribution in [0.1, 0.15) is 18.7 Å². The summed E-state index contributed by atoms with van der Waals surface area (Å²) < 4.78 is 4.70. The lowest BCUT2D eigenvalue weighted by atomic mass is 10.2. The van der Waals surface area contributed by atoms with Gasteiger partial charge >= 0.3 is 5.97 Å². The van der Waals surface area contributed by atoms with Crippen molar-refractivity contribution in [2.24, 2.45) is 0 Å². The van der Waals surface area contributed by atoms with E-state index in [1.807, 2.05) is 4.90 Å². The number of anilines is 1. The van der Waals surface area contributed by atoms with Gasteiger partial charge in [-0.1, -0.05) is 0 Å². The van der Waals surface area contributed by atoms with Crippen LogP contribution >= 0.6 is 21.7 Å². The molecule has 2 heterocycles. The third kappa shape index (κ3) is 3.55. The minimum atomic E-state index is -0.809. The van der Waals surface area contributed by atoms with Gasteiger partial charge in [-0.15, -0.1) is 0 Å². The number of carbonyl (C=O) groups is 1. The molecule has 1 aliphatic heterocycles. The van der Waals surface area contributed by atoms with Gasteiger partial charge in [-0.2, -0.15) is 12.6 Å². The maximum atomic E-state index is 11.8. The van der Waals surface area contributed by atoms with E-state index in [9.17, 15) is 4.79 Å². The second-order valence-corrected chi connectivity index (χ2v) is 5.00. The van der Waals surface area contributed by atoms with Crippen LogP contribution in [0.3, 0.4) is 0 Å². The first-order chi connectivity index (χ1) is 9.26. The molecule has 0 aliphatic carbocycles. The minimum Gasteiger partial charge on any atom is -0.418 e. The van der Waals surface area contributed by atoms with Gasteiger partial charge in [-0.3, -0.25) is 0 Å². The number of rotatable bonds is 5. The summed E-state index contributed by atoms with van der Waals surface area (Å²) in [5, 5.41) is 0. The van der Waals surface area contributed by atoms with Crippen LogP contribution in [0.15, 0.2) is 12.3 Å². The quantitative estimate of drug-likeness (QED) is 0.623. The molecular weight excluding hydrogens is 285 g/mol. The fourth-order valence-corrected chi connectivity index (χ4v) is 2.59. The molecular formula is C11H16N3O3PS. The van der Waals surface area contributed by atoms with Gasteiger partial charge in [0, 0.05) is 19.2 Å². The van der Waals surface area contributed by atoms with Gasteiger partial charge in [0.2, 0.25) is 9.03 Å². The van der Waals surface area contributed by atoms with Crippen molar-refractivity contribution in [1.29, 1.82) is 0 Å². The molecule has 1 N–H and O–H groups in total. The average molecular weight is 301 g/mol. The van der Waals surface area contributed by atoms with Crippen LogP contribution in [-0.2, 0) is 15.7 Å². The zero-order valence-corrected chi connectivity index (χ0v) is 12.2. The zero-order chi connectivity index (χ0) is 13.7. The number of thiol groups is 1. The van der Waals surface area contributed by atoms with Crippen LogP contribution in [0.25, 0.3) is 0 Å². The summed E-state index contributed by atoms with van der Waals surface area (Å²) in [4.78, 5) is 31.0. The molecule has 6 nitrogen and oxygen atoms in total. The highest BCUT2D eigenvalue weighted by atomic mass is 32.1. The third-order valence-electron chi connectivity index (χ3n) is 2.99. The predicted octanol–water partition coefficient (Wildman–Crippen LogP) is 0.962. The summed E-state index contributed by atoms with van der Waals surface area (Å²) in [5.74, 6) is 1.73. The summed E-state index contributed by atoms with van der Waals surface area (Å²) in [5.41, 5.74) is 0. The van der Waals surface area contributed by atoms with Crippen LogP contribution in [0, 0.1) is 0 Å². The topological polar surface area (TPSA) is 75.6 Å².